The lowest BCUT2D eigenvalue weighted by Gasteiger charge is -2.18. The maximum atomic E-state index is 13.4. The number of amides is 1. The van der Waals surface area contributed by atoms with Gasteiger partial charge in [-0.25, -0.2) is 4.79 Å². The number of carbonyl (C=O) groups is 2. The number of alkyl halides is 3. The molecule has 1 unspecified atom stereocenters. The molecular formula is C19H22F3N3O3S. The van der Waals surface area contributed by atoms with Crippen LogP contribution in [0.5, 0.6) is 0 Å². The molecule has 0 saturated heterocycles. The van der Waals surface area contributed by atoms with Crippen molar-refractivity contribution in [1.29, 1.82) is 0 Å². The molecule has 0 bridgehead atoms. The summed E-state index contributed by atoms with van der Waals surface area (Å²) < 4.78 is 46.1. The molecule has 1 aliphatic carbocycles. The lowest BCUT2D eigenvalue weighted by Crippen LogP contribution is -2.28. The molecule has 158 valence electrons. The average Bonchev–Trinajstić information content (AvgIpc) is 3.36. The summed E-state index contributed by atoms with van der Waals surface area (Å²) in [5.74, 6) is -1.09. The van der Waals surface area contributed by atoms with E-state index in [4.69, 9.17) is 4.74 Å². The number of aromatic nitrogens is 2. The normalized spacial score (nSPS) is 14.6. The van der Waals surface area contributed by atoms with E-state index in [-0.39, 0.29) is 17.5 Å². The van der Waals surface area contributed by atoms with Gasteiger partial charge < -0.3 is 10.1 Å². The standard InChI is InChI=1S/C19H22F3N3O3S/c1-4-10-9-12(18(27)28-3)17(29-10)23-16(26)13(5-2)25-14-8-6-7-11(14)15(24-25)19(20,21)22/h9,13H,4-8H2,1-3H3,(H,23,26). The number of thiophene rings is 1. The first-order chi connectivity index (χ1) is 13.7. The maximum absolute atomic E-state index is 13.4. The molecule has 2 heterocycles. The number of methoxy groups -OCH3 is 1. The van der Waals surface area contributed by atoms with Crippen molar-refractivity contribution in [3.8, 4) is 0 Å². The molecule has 2 aromatic heterocycles. The van der Waals surface area contributed by atoms with Crippen LogP contribution in [-0.4, -0.2) is 28.8 Å². The summed E-state index contributed by atoms with van der Waals surface area (Å²) in [6.45, 7) is 3.63. The molecule has 1 amide bonds. The first kappa shape index (κ1) is 21.4. The third kappa shape index (κ3) is 4.03. The summed E-state index contributed by atoms with van der Waals surface area (Å²) in [5.41, 5.74) is -0.0218. The van der Waals surface area contributed by atoms with Crippen molar-refractivity contribution in [3.05, 3.63) is 33.5 Å². The van der Waals surface area contributed by atoms with Gasteiger partial charge in [0.15, 0.2) is 5.69 Å². The van der Waals surface area contributed by atoms with Gasteiger partial charge in [0.05, 0.1) is 12.7 Å². The summed E-state index contributed by atoms with van der Waals surface area (Å²) >= 11 is 1.25. The third-order valence-corrected chi connectivity index (χ3v) is 6.18. The number of hydrogen-bond acceptors (Lipinski definition) is 5. The number of nitrogens with one attached hydrogen (secondary N) is 1. The van der Waals surface area contributed by atoms with Gasteiger partial charge in [0, 0.05) is 16.1 Å². The van der Waals surface area contributed by atoms with Gasteiger partial charge in [-0.1, -0.05) is 13.8 Å². The molecule has 0 fully saturated rings. The lowest BCUT2D eigenvalue weighted by molar-refractivity contribution is -0.142. The van der Waals surface area contributed by atoms with Gasteiger partial charge in [-0.3, -0.25) is 9.48 Å². The van der Waals surface area contributed by atoms with Crippen molar-refractivity contribution in [2.24, 2.45) is 0 Å². The van der Waals surface area contributed by atoms with Crippen LogP contribution in [0.1, 0.15) is 64.9 Å². The van der Waals surface area contributed by atoms with Crippen molar-refractivity contribution >= 4 is 28.2 Å². The molecule has 0 spiro atoms. The van der Waals surface area contributed by atoms with Gasteiger partial charge in [-0.2, -0.15) is 18.3 Å². The third-order valence-electron chi connectivity index (χ3n) is 4.99. The number of carbonyl (C=O) groups excluding carboxylic acids is 2. The lowest BCUT2D eigenvalue weighted by atomic mass is 10.1. The van der Waals surface area contributed by atoms with E-state index in [9.17, 15) is 22.8 Å². The Bertz CT molecular complexity index is 933. The van der Waals surface area contributed by atoms with Gasteiger partial charge in [-0.05, 0) is 38.2 Å². The molecule has 10 heteroatoms. The minimum absolute atomic E-state index is 0.184. The Morgan fingerprint density at radius 3 is 2.66 bits per heavy atom. The molecular weight excluding hydrogens is 407 g/mol. The quantitative estimate of drug-likeness (QED) is 0.692. The first-order valence-electron chi connectivity index (χ1n) is 9.40. The Kier molecular flexibility index (Phi) is 6.02. The fourth-order valence-electron chi connectivity index (χ4n) is 3.59. The molecule has 1 atom stereocenters. The minimum Gasteiger partial charge on any atom is -0.465 e. The highest BCUT2D eigenvalue weighted by Gasteiger charge is 2.41. The van der Waals surface area contributed by atoms with Gasteiger partial charge in [0.2, 0.25) is 5.91 Å². The van der Waals surface area contributed by atoms with Crippen LogP contribution in [0.15, 0.2) is 6.07 Å². The number of fused-ring (bicyclic) bond motifs is 1. The van der Waals surface area contributed by atoms with E-state index < -0.39 is 29.8 Å². The predicted molar refractivity (Wildman–Crippen MR) is 102 cm³/mol. The number of nitrogens with zero attached hydrogens (tertiary/aromatic N) is 2. The Morgan fingerprint density at radius 1 is 1.34 bits per heavy atom. The zero-order valence-electron chi connectivity index (χ0n) is 16.4. The molecule has 0 aromatic carbocycles. The average molecular weight is 429 g/mol. The van der Waals surface area contributed by atoms with Gasteiger partial charge in [0.1, 0.15) is 11.0 Å². The first-order valence-corrected chi connectivity index (χ1v) is 10.2. The summed E-state index contributed by atoms with van der Waals surface area (Å²) in [5, 5.41) is 6.81. The Hall–Kier alpha value is -2.36. The summed E-state index contributed by atoms with van der Waals surface area (Å²) in [7, 11) is 1.25. The van der Waals surface area contributed by atoms with Crippen molar-refractivity contribution < 1.29 is 27.5 Å². The number of hydrogen-bond donors (Lipinski definition) is 1. The van der Waals surface area contributed by atoms with Crippen LogP contribution in [0.2, 0.25) is 0 Å². The Balaban J connectivity index is 1.94. The molecule has 2 aromatic rings. The summed E-state index contributed by atoms with van der Waals surface area (Å²) in [6.07, 6.45) is -2.27. The number of anilines is 1. The topological polar surface area (TPSA) is 73.2 Å². The smallest absolute Gasteiger partial charge is 0.435 e. The van der Waals surface area contributed by atoms with Gasteiger partial charge in [-0.15, -0.1) is 11.3 Å². The molecule has 0 saturated carbocycles. The zero-order chi connectivity index (χ0) is 21.3. The van der Waals surface area contributed by atoms with E-state index in [1.54, 1.807) is 13.0 Å². The highest BCUT2D eigenvalue weighted by molar-refractivity contribution is 7.16. The van der Waals surface area contributed by atoms with E-state index in [0.29, 0.717) is 36.4 Å². The number of aryl methyl sites for hydroxylation is 1. The van der Waals surface area contributed by atoms with E-state index in [0.717, 1.165) is 4.88 Å². The van der Waals surface area contributed by atoms with Crippen LogP contribution < -0.4 is 5.32 Å². The molecule has 0 aliphatic heterocycles. The summed E-state index contributed by atoms with van der Waals surface area (Å²) in [4.78, 5) is 25.9. The molecule has 3 rings (SSSR count). The van der Waals surface area contributed by atoms with Crippen molar-refractivity contribution in [2.75, 3.05) is 12.4 Å². The fraction of sp³-hybridized carbons (Fsp3) is 0.526. The van der Waals surface area contributed by atoms with Crippen LogP contribution in [0.25, 0.3) is 0 Å². The van der Waals surface area contributed by atoms with Crippen LogP contribution in [0, 0.1) is 0 Å². The number of halogens is 3. The van der Waals surface area contributed by atoms with E-state index >= 15 is 0 Å². The second-order valence-corrected chi connectivity index (χ2v) is 7.92. The van der Waals surface area contributed by atoms with Crippen molar-refractivity contribution in [1.82, 2.24) is 9.78 Å². The van der Waals surface area contributed by atoms with Crippen molar-refractivity contribution in [3.63, 3.8) is 0 Å². The fourth-order valence-corrected chi connectivity index (χ4v) is 4.57. The number of ether oxygens (including phenoxy) is 1. The Morgan fingerprint density at radius 2 is 2.07 bits per heavy atom. The van der Waals surface area contributed by atoms with Crippen LogP contribution >= 0.6 is 11.3 Å². The van der Waals surface area contributed by atoms with E-state index in [1.165, 1.54) is 23.1 Å². The molecule has 0 radical (unpaired) electrons. The van der Waals surface area contributed by atoms with E-state index in [1.807, 2.05) is 6.92 Å². The minimum atomic E-state index is -4.56. The summed E-state index contributed by atoms with van der Waals surface area (Å²) in [6, 6.07) is 0.746. The zero-order valence-corrected chi connectivity index (χ0v) is 17.2. The second kappa shape index (κ2) is 8.17. The number of rotatable bonds is 6. The highest BCUT2D eigenvalue weighted by Crippen LogP contribution is 2.38. The SMILES string of the molecule is CCc1cc(C(=O)OC)c(NC(=O)C(CC)n2nc(C(F)(F)F)c3c2CCC3)s1. The Labute approximate surface area is 170 Å². The predicted octanol–water partition coefficient (Wildman–Crippen LogP) is 4.39. The van der Waals surface area contributed by atoms with Gasteiger partial charge >= 0.3 is 12.1 Å². The maximum Gasteiger partial charge on any atom is 0.435 e. The molecule has 29 heavy (non-hydrogen) atoms. The van der Waals surface area contributed by atoms with E-state index in [2.05, 4.69) is 10.4 Å². The monoisotopic (exact) mass is 429 g/mol. The highest BCUT2D eigenvalue weighted by atomic mass is 32.1. The molecule has 1 aliphatic rings. The largest absolute Gasteiger partial charge is 0.465 e. The van der Waals surface area contributed by atoms with Crippen LogP contribution in [-0.2, 0) is 35.0 Å². The molecule has 6 nitrogen and oxygen atoms in total. The second-order valence-electron chi connectivity index (χ2n) is 6.78. The van der Waals surface area contributed by atoms with Crippen LogP contribution in [0.4, 0.5) is 18.2 Å². The van der Waals surface area contributed by atoms with Crippen molar-refractivity contribution in [2.45, 2.75) is 58.2 Å². The number of esters is 1. The van der Waals surface area contributed by atoms with Crippen LogP contribution in [0.3, 0.4) is 0 Å². The molecule has 1 N–H and O–H groups in total. The van der Waals surface area contributed by atoms with Gasteiger partial charge in [0.25, 0.3) is 0 Å².